The largest absolute Gasteiger partial charge is 0.380 e. The fourth-order valence-electron chi connectivity index (χ4n) is 1.86. The van der Waals surface area contributed by atoms with Crippen molar-refractivity contribution in [3.63, 3.8) is 0 Å². The van der Waals surface area contributed by atoms with Crippen LogP contribution in [0.1, 0.15) is 24.0 Å². The molecule has 2 N–H and O–H groups in total. The smallest absolute Gasteiger partial charge is 0.342 e. The van der Waals surface area contributed by atoms with Crippen LogP contribution in [0.25, 0.3) is 0 Å². The number of nitrogens with two attached hydrogens (primary N) is 1. The van der Waals surface area contributed by atoms with Crippen LogP contribution in [-0.4, -0.2) is 16.7 Å². The normalized spacial score (nSPS) is 12.5. The lowest BCUT2D eigenvalue weighted by atomic mass is 10.0. The minimum Gasteiger partial charge on any atom is -0.380 e. The van der Waals surface area contributed by atoms with Crippen molar-refractivity contribution in [3.05, 3.63) is 75.8 Å². The first kappa shape index (κ1) is 16.2. The summed E-state index contributed by atoms with van der Waals surface area (Å²) in [5, 5.41) is 14.2. The Morgan fingerprint density at radius 3 is 2.35 bits per heavy atom. The van der Waals surface area contributed by atoms with E-state index in [1.54, 1.807) is 31.2 Å². The summed E-state index contributed by atoms with van der Waals surface area (Å²) in [5.41, 5.74) is 6.93. The van der Waals surface area contributed by atoms with Crippen LogP contribution < -0.4 is 5.73 Å². The van der Waals surface area contributed by atoms with Crippen LogP contribution >= 0.6 is 0 Å². The number of nitrogens with zero attached hydrogens (tertiary/aromatic N) is 2. The molecule has 7 heteroatoms. The number of carbonyl (C=O) groups is 1. The van der Waals surface area contributed by atoms with E-state index in [-0.39, 0.29) is 11.5 Å². The molecule has 0 aromatic heterocycles. The van der Waals surface area contributed by atoms with Crippen molar-refractivity contribution in [2.75, 3.05) is 0 Å². The minimum atomic E-state index is -0.622. The predicted molar refractivity (Wildman–Crippen MR) is 84.8 cm³/mol. The SMILES string of the molecule is CC(C(=O)ON=C(N)c1ccccc1)c1ccc([N+](=O)[O-])cc1. The van der Waals surface area contributed by atoms with Gasteiger partial charge in [0.1, 0.15) is 0 Å². The minimum absolute atomic E-state index is 0.0411. The van der Waals surface area contributed by atoms with E-state index in [4.69, 9.17) is 10.6 Å². The van der Waals surface area contributed by atoms with Gasteiger partial charge in [-0.3, -0.25) is 10.1 Å². The van der Waals surface area contributed by atoms with Gasteiger partial charge in [-0.2, -0.15) is 0 Å². The first-order chi connectivity index (χ1) is 11.0. The highest BCUT2D eigenvalue weighted by atomic mass is 16.7. The number of carbonyl (C=O) groups excluding carboxylic acids is 1. The Bertz CT molecular complexity index is 727. The lowest BCUT2D eigenvalue weighted by molar-refractivity contribution is -0.384. The molecule has 7 nitrogen and oxygen atoms in total. The molecule has 0 saturated heterocycles. The number of hydrogen-bond acceptors (Lipinski definition) is 5. The van der Waals surface area contributed by atoms with Gasteiger partial charge in [0.05, 0.1) is 10.8 Å². The molecule has 0 spiro atoms. The molecule has 0 aliphatic carbocycles. The Balaban J connectivity index is 2.04. The summed E-state index contributed by atoms with van der Waals surface area (Å²) in [6.07, 6.45) is 0. The monoisotopic (exact) mass is 313 g/mol. The second-order valence-electron chi connectivity index (χ2n) is 4.82. The topological polar surface area (TPSA) is 108 Å². The van der Waals surface area contributed by atoms with Crippen molar-refractivity contribution < 1.29 is 14.6 Å². The molecule has 0 saturated carbocycles. The Hall–Kier alpha value is -3.22. The Kier molecular flexibility index (Phi) is 5.03. The molecule has 1 atom stereocenters. The maximum Gasteiger partial charge on any atom is 0.342 e. The molecule has 2 aromatic carbocycles. The standard InChI is InChI=1S/C16H15N3O4/c1-11(12-7-9-14(10-8-12)19(21)22)16(20)23-18-15(17)13-5-3-2-4-6-13/h2-11H,1H3,(H2,17,18). The van der Waals surface area contributed by atoms with Crippen LogP contribution in [0, 0.1) is 10.1 Å². The third kappa shape index (κ3) is 4.13. The van der Waals surface area contributed by atoms with Gasteiger partial charge in [-0.15, -0.1) is 0 Å². The summed E-state index contributed by atoms with van der Waals surface area (Å²) >= 11 is 0. The molecule has 0 bridgehead atoms. The number of benzene rings is 2. The van der Waals surface area contributed by atoms with Crippen molar-refractivity contribution in [1.29, 1.82) is 0 Å². The van der Waals surface area contributed by atoms with E-state index >= 15 is 0 Å². The molecule has 2 rings (SSSR count). The van der Waals surface area contributed by atoms with E-state index in [0.29, 0.717) is 11.1 Å². The van der Waals surface area contributed by atoms with Gasteiger partial charge >= 0.3 is 5.97 Å². The average Bonchev–Trinajstić information content (AvgIpc) is 2.59. The molecule has 2 aromatic rings. The van der Waals surface area contributed by atoms with Crippen molar-refractivity contribution >= 4 is 17.5 Å². The molecule has 0 radical (unpaired) electrons. The number of non-ortho nitro benzene ring substituents is 1. The van der Waals surface area contributed by atoms with Crippen molar-refractivity contribution in [3.8, 4) is 0 Å². The second kappa shape index (κ2) is 7.17. The highest BCUT2D eigenvalue weighted by Crippen LogP contribution is 2.20. The third-order valence-electron chi connectivity index (χ3n) is 3.26. The average molecular weight is 313 g/mol. The molecule has 0 fully saturated rings. The number of hydrogen-bond donors (Lipinski definition) is 1. The number of amidine groups is 1. The second-order valence-corrected chi connectivity index (χ2v) is 4.82. The number of nitro groups is 1. The first-order valence-corrected chi connectivity index (χ1v) is 6.83. The van der Waals surface area contributed by atoms with E-state index < -0.39 is 16.8 Å². The highest BCUT2D eigenvalue weighted by molar-refractivity contribution is 5.97. The Morgan fingerprint density at radius 1 is 1.17 bits per heavy atom. The van der Waals surface area contributed by atoms with Crippen LogP contribution in [0.2, 0.25) is 0 Å². The van der Waals surface area contributed by atoms with Gasteiger partial charge in [0, 0.05) is 17.7 Å². The third-order valence-corrected chi connectivity index (χ3v) is 3.26. The zero-order valence-electron chi connectivity index (χ0n) is 12.4. The van der Waals surface area contributed by atoms with E-state index in [2.05, 4.69) is 5.16 Å². The lowest BCUT2D eigenvalue weighted by Gasteiger charge is -2.08. The summed E-state index contributed by atoms with van der Waals surface area (Å²) in [5.74, 6) is -1.13. The van der Waals surface area contributed by atoms with E-state index in [0.717, 1.165) is 0 Å². The number of nitro benzene ring substituents is 1. The van der Waals surface area contributed by atoms with E-state index in [9.17, 15) is 14.9 Å². The van der Waals surface area contributed by atoms with Gasteiger partial charge in [0.15, 0.2) is 5.84 Å². The van der Waals surface area contributed by atoms with Gasteiger partial charge in [-0.1, -0.05) is 47.6 Å². The molecule has 0 amide bonds. The van der Waals surface area contributed by atoms with Crippen LogP contribution in [0.4, 0.5) is 5.69 Å². The van der Waals surface area contributed by atoms with E-state index in [1.165, 1.54) is 24.3 Å². The van der Waals surface area contributed by atoms with Crippen LogP contribution in [0.3, 0.4) is 0 Å². The van der Waals surface area contributed by atoms with Gasteiger partial charge in [0.25, 0.3) is 5.69 Å². The van der Waals surface area contributed by atoms with Gasteiger partial charge < -0.3 is 10.6 Å². The summed E-state index contributed by atoms with van der Waals surface area (Å²) in [4.78, 5) is 26.9. The van der Waals surface area contributed by atoms with Crippen molar-refractivity contribution in [2.24, 2.45) is 10.9 Å². The maximum atomic E-state index is 12.0. The van der Waals surface area contributed by atoms with Crippen LogP contribution in [-0.2, 0) is 9.63 Å². The summed E-state index contributed by atoms with van der Waals surface area (Å²) in [6.45, 7) is 1.62. The lowest BCUT2D eigenvalue weighted by Crippen LogP contribution is -2.17. The summed E-state index contributed by atoms with van der Waals surface area (Å²) in [6, 6.07) is 14.6. The maximum absolute atomic E-state index is 12.0. The number of oxime groups is 1. The molecule has 1 unspecified atom stereocenters. The molecular formula is C16H15N3O4. The van der Waals surface area contributed by atoms with Gasteiger partial charge in [-0.25, -0.2) is 4.79 Å². The van der Waals surface area contributed by atoms with Crippen molar-refractivity contribution in [2.45, 2.75) is 12.8 Å². The van der Waals surface area contributed by atoms with E-state index in [1.807, 2.05) is 6.07 Å². The molecule has 118 valence electrons. The molecule has 0 aliphatic heterocycles. The quantitative estimate of drug-likeness (QED) is 0.300. The Morgan fingerprint density at radius 2 is 1.78 bits per heavy atom. The van der Waals surface area contributed by atoms with Crippen LogP contribution in [0.5, 0.6) is 0 Å². The molecule has 23 heavy (non-hydrogen) atoms. The fraction of sp³-hybridized carbons (Fsp3) is 0.125. The molecular weight excluding hydrogens is 298 g/mol. The summed E-state index contributed by atoms with van der Waals surface area (Å²) < 4.78 is 0. The summed E-state index contributed by atoms with van der Waals surface area (Å²) in [7, 11) is 0. The van der Waals surface area contributed by atoms with Crippen molar-refractivity contribution in [1.82, 2.24) is 0 Å². The molecule has 0 aliphatic rings. The zero-order valence-corrected chi connectivity index (χ0v) is 12.4. The fourth-order valence-corrected chi connectivity index (χ4v) is 1.86. The van der Waals surface area contributed by atoms with Crippen LogP contribution in [0.15, 0.2) is 59.8 Å². The molecule has 0 heterocycles. The zero-order chi connectivity index (χ0) is 16.8. The first-order valence-electron chi connectivity index (χ1n) is 6.83. The predicted octanol–water partition coefficient (Wildman–Crippen LogP) is 2.56. The number of rotatable bonds is 5. The van der Waals surface area contributed by atoms with Gasteiger partial charge in [0.2, 0.25) is 0 Å². The Labute approximate surface area is 132 Å². The highest BCUT2D eigenvalue weighted by Gasteiger charge is 2.18. The van der Waals surface area contributed by atoms with Gasteiger partial charge in [-0.05, 0) is 12.5 Å².